The molecule has 6 aromatic carbocycles. The number of rotatable bonds is 3. The molecule has 0 amide bonds. The molecule has 324 valence electrons. The minimum atomic E-state index is -0.374. The molecule has 3 nitrogen and oxygen atoms in total. The molecule has 2 aliphatic heterocycles. The highest BCUT2D eigenvalue weighted by Crippen LogP contribution is 2.59. The third-order valence-corrected chi connectivity index (χ3v) is 14.7. The van der Waals surface area contributed by atoms with Crippen LogP contribution in [0.2, 0.25) is 0 Å². The highest BCUT2D eigenvalue weighted by atomic mass is 15.2. The molecular formula is C60H66BN3. The maximum absolute atomic E-state index is 2.67. The molecule has 0 atom stereocenters. The lowest BCUT2D eigenvalue weighted by molar-refractivity contribution is 0.589. The number of anilines is 5. The van der Waals surface area contributed by atoms with Crippen molar-refractivity contribution in [2.75, 3.05) is 9.80 Å². The molecule has 0 unspecified atom stereocenters. The number of benzene rings is 6. The Morgan fingerprint density at radius 2 is 0.891 bits per heavy atom. The molecule has 7 aromatic rings. The average molecular weight is 840 g/mol. The normalized spacial score (nSPS) is 16.3. The molecule has 3 aliphatic rings. The number of allylic oxidation sites excluding steroid dienone is 3. The predicted octanol–water partition coefficient (Wildman–Crippen LogP) is 15.3. The summed E-state index contributed by atoms with van der Waals surface area (Å²) < 4.78 is 2.61. The highest BCUT2D eigenvalue weighted by molar-refractivity contribution is 6.95. The van der Waals surface area contributed by atoms with Crippen molar-refractivity contribution in [3.05, 3.63) is 166 Å². The second kappa shape index (κ2) is 13.9. The van der Waals surface area contributed by atoms with E-state index < -0.39 is 0 Å². The van der Waals surface area contributed by atoms with E-state index in [-0.39, 0.29) is 33.8 Å². The smallest absolute Gasteiger partial charge is 0.248 e. The standard InChI is InChI=1S/C60H66BN3/c1-37-53-54(60(14,15)55(37)64-47-22-18-16-20-44(47)45-21-17-19-23-48(45)64)61-46-34-40(58(8,9)10)28-33-49(46)62(42-29-24-38(25-30-42)56(2,3)4)50-35-41(59(11,12)13)36-51(52(50)61)63(53)43-31-26-39(27-32-43)57(5,6)7/h16-36H,1-15H3. The largest absolute Gasteiger partial charge is 0.312 e. The zero-order valence-corrected chi connectivity index (χ0v) is 41.0. The highest BCUT2D eigenvalue weighted by Gasteiger charge is 2.54. The lowest BCUT2D eigenvalue weighted by Crippen LogP contribution is -2.58. The zero-order chi connectivity index (χ0) is 45.6. The van der Waals surface area contributed by atoms with Gasteiger partial charge in [0, 0.05) is 56.0 Å². The van der Waals surface area contributed by atoms with Crippen LogP contribution in [0.25, 0.3) is 27.5 Å². The van der Waals surface area contributed by atoms with Crippen LogP contribution in [0.5, 0.6) is 0 Å². The van der Waals surface area contributed by atoms with Gasteiger partial charge < -0.3 is 14.4 Å². The van der Waals surface area contributed by atoms with Crippen LogP contribution in [0.1, 0.15) is 126 Å². The SMILES string of the molecule is CC1=C(n2c3ccccc3c3ccccc32)C(C)(C)C2=C1N(c1ccc(C(C)(C)C)cc1)c1cc(C(C)(C)C)cc3c1B2c1cc(C(C)(C)C)ccc1N3c1ccc(C(C)(C)C)cc1. The lowest BCUT2D eigenvalue weighted by Gasteiger charge is -2.47. The van der Waals surface area contributed by atoms with Crippen molar-refractivity contribution in [1.29, 1.82) is 0 Å². The van der Waals surface area contributed by atoms with Crippen LogP contribution in [0.15, 0.2) is 144 Å². The molecule has 1 aliphatic carbocycles. The van der Waals surface area contributed by atoms with Gasteiger partial charge >= 0.3 is 0 Å². The van der Waals surface area contributed by atoms with Crippen molar-refractivity contribution in [2.45, 2.75) is 126 Å². The molecule has 0 fully saturated rings. The van der Waals surface area contributed by atoms with E-state index in [4.69, 9.17) is 0 Å². The van der Waals surface area contributed by atoms with Crippen LogP contribution in [0.3, 0.4) is 0 Å². The van der Waals surface area contributed by atoms with Gasteiger partial charge in [0.25, 0.3) is 0 Å². The molecule has 0 bridgehead atoms. The van der Waals surface area contributed by atoms with Gasteiger partial charge in [-0.1, -0.05) is 175 Å². The zero-order valence-electron chi connectivity index (χ0n) is 41.0. The lowest BCUT2D eigenvalue weighted by atomic mass is 9.30. The number of hydrogen-bond acceptors (Lipinski definition) is 2. The van der Waals surface area contributed by atoms with Crippen LogP contribution in [-0.2, 0) is 21.7 Å². The van der Waals surface area contributed by atoms with E-state index in [2.05, 4.69) is 246 Å². The Kier molecular flexibility index (Phi) is 9.16. The molecule has 0 spiro atoms. The van der Waals surface area contributed by atoms with Crippen molar-refractivity contribution < 1.29 is 0 Å². The van der Waals surface area contributed by atoms with Crippen molar-refractivity contribution in [2.24, 2.45) is 5.41 Å². The second-order valence-electron chi connectivity index (χ2n) is 23.6. The van der Waals surface area contributed by atoms with Crippen LogP contribution >= 0.6 is 0 Å². The van der Waals surface area contributed by atoms with Crippen molar-refractivity contribution in [1.82, 2.24) is 4.57 Å². The fourth-order valence-corrected chi connectivity index (χ4v) is 11.3. The minimum absolute atomic E-state index is 0.0112. The molecule has 10 rings (SSSR count). The average Bonchev–Trinajstić information content (AvgIpc) is 3.65. The topological polar surface area (TPSA) is 11.4 Å². The molecule has 0 saturated heterocycles. The third-order valence-electron chi connectivity index (χ3n) is 14.7. The number of nitrogens with zero attached hydrogens (tertiary/aromatic N) is 3. The first-order chi connectivity index (χ1) is 30.0. The molecule has 3 heterocycles. The van der Waals surface area contributed by atoms with E-state index in [0.717, 1.165) is 0 Å². The molecular weight excluding hydrogens is 773 g/mol. The molecule has 0 N–H and O–H groups in total. The van der Waals surface area contributed by atoms with E-state index >= 15 is 0 Å². The van der Waals surface area contributed by atoms with E-state index in [9.17, 15) is 0 Å². The Labute approximate surface area is 383 Å². The first-order valence-corrected chi connectivity index (χ1v) is 23.6. The Balaban J connectivity index is 1.35. The van der Waals surface area contributed by atoms with Gasteiger partial charge in [-0.25, -0.2) is 0 Å². The first kappa shape index (κ1) is 42.2. The Morgan fingerprint density at radius 1 is 0.453 bits per heavy atom. The number of para-hydroxylation sites is 2. The maximum Gasteiger partial charge on any atom is 0.248 e. The second-order valence-corrected chi connectivity index (χ2v) is 23.6. The third kappa shape index (κ3) is 6.29. The number of fused-ring (bicyclic) bond motifs is 6. The summed E-state index contributed by atoms with van der Waals surface area (Å²) in [6.45, 7) is 35.5. The predicted molar refractivity (Wildman–Crippen MR) is 279 cm³/mol. The summed E-state index contributed by atoms with van der Waals surface area (Å²) in [4.78, 5) is 5.27. The number of hydrogen-bond donors (Lipinski definition) is 0. The molecule has 0 radical (unpaired) electrons. The summed E-state index contributed by atoms with van der Waals surface area (Å²) in [6.07, 6.45) is 0. The monoisotopic (exact) mass is 840 g/mol. The summed E-state index contributed by atoms with van der Waals surface area (Å²) in [5, 5.41) is 2.58. The maximum atomic E-state index is 2.67. The summed E-state index contributed by atoms with van der Waals surface area (Å²) in [7, 11) is 0. The van der Waals surface area contributed by atoms with E-state index in [1.54, 1.807) is 0 Å². The Bertz CT molecular complexity index is 3050. The van der Waals surface area contributed by atoms with Gasteiger partial charge in [0.1, 0.15) is 0 Å². The van der Waals surface area contributed by atoms with Crippen molar-refractivity contribution in [3.8, 4) is 0 Å². The van der Waals surface area contributed by atoms with Crippen molar-refractivity contribution in [3.63, 3.8) is 0 Å². The van der Waals surface area contributed by atoms with E-state index in [0.29, 0.717) is 0 Å². The summed E-state index contributed by atoms with van der Waals surface area (Å²) >= 11 is 0. The molecule has 0 saturated carbocycles. The number of aromatic nitrogens is 1. The van der Waals surface area contributed by atoms with Crippen LogP contribution in [-0.4, -0.2) is 11.3 Å². The summed E-state index contributed by atoms with van der Waals surface area (Å²) in [5.74, 6) is 0. The Morgan fingerprint density at radius 3 is 1.38 bits per heavy atom. The fourth-order valence-electron chi connectivity index (χ4n) is 11.3. The molecule has 1 aromatic heterocycles. The first-order valence-electron chi connectivity index (χ1n) is 23.6. The van der Waals surface area contributed by atoms with E-state index in [1.807, 2.05) is 0 Å². The van der Waals surface area contributed by atoms with Gasteiger partial charge in [0.15, 0.2) is 0 Å². The summed E-state index contributed by atoms with van der Waals surface area (Å²) in [6, 6.07) is 49.4. The van der Waals surface area contributed by atoms with Gasteiger partial charge in [0.2, 0.25) is 6.71 Å². The van der Waals surface area contributed by atoms with Gasteiger partial charge in [-0.15, -0.1) is 0 Å². The van der Waals surface area contributed by atoms with Gasteiger partial charge in [-0.05, 0) is 122 Å². The van der Waals surface area contributed by atoms with Gasteiger partial charge in [-0.3, -0.25) is 0 Å². The minimum Gasteiger partial charge on any atom is -0.312 e. The fraction of sp³-hybridized carbons (Fsp3) is 0.333. The van der Waals surface area contributed by atoms with Crippen LogP contribution in [0.4, 0.5) is 28.4 Å². The van der Waals surface area contributed by atoms with Gasteiger partial charge in [0.05, 0.1) is 11.0 Å². The van der Waals surface area contributed by atoms with Crippen molar-refractivity contribution >= 4 is 73.6 Å². The van der Waals surface area contributed by atoms with Gasteiger partial charge in [-0.2, -0.15) is 0 Å². The molecule has 4 heteroatoms. The quantitative estimate of drug-likeness (QED) is 0.164. The molecule has 64 heavy (non-hydrogen) atoms. The Hall–Kier alpha value is -5.74. The van der Waals surface area contributed by atoms with Crippen LogP contribution < -0.4 is 20.7 Å². The summed E-state index contributed by atoms with van der Waals surface area (Å²) in [5.41, 5.74) is 21.9. The van der Waals surface area contributed by atoms with E-state index in [1.165, 1.54) is 106 Å². The van der Waals surface area contributed by atoms with Crippen LogP contribution in [0, 0.1) is 5.41 Å².